The van der Waals surface area contributed by atoms with Gasteiger partial charge in [0.25, 0.3) is 6.01 Å². The number of imidazole rings is 1. The van der Waals surface area contributed by atoms with E-state index < -0.39 is 0 Å². The zero-order valence-electron chi connectivity index (χ0n) is 12.7. The van der Waals surface area contributed by atoms with Crippen molar-refractivity contribution in [2.45, 2.75) is 34.6 Å². The highest BCUT2D eigenvalue weighted by Crippen LogP contribution is 2.16. The van der Waals surface area contributed by atoms with Gasteiger partial charge in [-0.1, -0.05) is 34.6 Å². The quantitative estimate of drug-likeness (QED) is 0.832. The minimum absolute atomic E-state index is 0.457. The molecule has 4 heteroatoms. The molecule has 0 radical (unpaired) electrons. The molecule has 0 amide bonds. The number of carbonyl (C=O) groups excluding carboxylic acids is 1. The fourth-order valence-electron chi connectivity index (χ4n) is 1.17. The van der Waals surface area contributed by atoms with E-state index in [2.05, 4.69) is 30.7 Å². The number of nitrogens with zero attached hydrogens (tertiary/aromatic N) is 1. The number of nitrogens with one attached hydrogen (secondary N) is 1. The Balaban J connectivity index is 0.000000467. The first-order valence-corrected chi connectivity index (χ1v) is 6.55. The van der Waals surface area contributed by atoms with Gasteiger partial charge in [0.15, 0.2) is 0 Å². The van der Waals surface area contributed by atoms with Gasteiger partial charge in [-0.15, -0.1) is 0 Å². The Kier molecular flexibility index (Phi) is 8.25. The summed E-state index contributed by atoms with van der Waals surface area (Å²) in [4.78, 5) is 17.5. The maximum atomic E-state index is 10.5. The number of methoxy groups -OCH3 is 1. The number of benzene rings is 1. The van der Waals surface area contributed by atoms with Crippen molar-refractivity contribution in [3.8, 4) is 6.01 Å². The molecule has 0 aliphatic carbocycles. The standard InChI is InChI=1S/C9H8N2O2.C4H10.C2H6/c1-13-9-10-7-3-2-6(5-12)4-8(7)11-9;1-4(2)3;1-2/h2-5H,1H3,(H,10,11);4H,1-3H3;1-2H3. The van der Waals surface area contributed by atoms with Crippen LogP contribution in [0.2, 0.25) is 0 Å². The van der Waals surface area contributed by atoms with Gasteiger partial charge in [0.05, 0.1) is 18.1 Å². The summed E-state index contributed by atoms with van der Waals surface area (Å²) in [5.41, 5.74) is 2.22. The molecule has 2 rings (SSSR count). The molecular formula is C15H24N2O2. The second kappa shape index (κ2) is 9.14. The number of hydrogen-bond acceptors (Lipinski definition) is 3. The Hall–Kier alpha value is -1.84. The van der Waals surface area contributed by atoms with Crippen LogP contribution in [-0.2, 0) is 0 Å². The maximum absolute atomic E-state index is 10.5. The van der Waals surface area contributed by atoms with Gasteiger partial charge >= 0.3 is 0 Å². The molecule has 19 heavy (non-hydrogen) atoms. The summed E-state index contributed by atoms with van der Waals surface area (Å²) in [6, 6.07) is 5.68. The molecular weight excluding hydrogens is 240 g/mol. The highest BCUT2D eigenvalue weighted by atomic mass is 16.5. The van der Waals surface area contributed by atoms with Gasteiger partial charge in [-0.3, -0.25) is 4.79 Å². The number of rotatable bonds is 2. The molecule has 0 bridgehead atoms. The van der Waals surface area contributed by atoms with Crippen LogP contribution >= 0.6 is 0 Å². The van der Waals surface area contributed by atoms with E-state index in [-0.39, 0.29) is 0 Å². The molecule has 1 N–H and O–H groups in total. The van der Waals surface area contributed by atoms with Crippen LogP contribution in [0.25, 0.3) is 11.0 Å². The first-order valence-electron chi connectivity index (χ1n) is 6.55. The van der Waals surface area contributed by atoms with Crippen LogP contribution in [0, 0.1) is 5.92 Å². The molecule has 0 spiro atoms. The van der Waals surface area contributed by atoms with Crippen molar-refractivity contribution in [2.24, 2.45) is 5.92 Å². The second-order valence-electron chi connectivity index (χ2n) is 4.37. The fourth-order valence-corrected chi connectivity index (χ4v) is 1.17. The topological polar surface area (TPSA) is 55.0 Å². The summed E-state index contributed by atoms with van der Waals surface area (Å²) >= 11 is 0. The molecule has 0 saturated carbocycles. The van der Waals surface area contributed by atoms with E-state index in [0.29, 0.717) is 11.6 Å². The second-order valence-corrected chi connectivity index (χ2v) is 4.37. The minimum atomic E-state index is 0.457. The lowest BCUT2D eigenvalue weighted by Gasteiger charge is -1.88. The highest BCUT2D eigenvalue weighted by molar-refractivity contribution is 5.85. The number of carbonyl (C=O) groups is 1. The predicted molar refractivity (Wildman–Crippen MR) is 79.9 cm³/mol. The summed E-state index contributed by atoms with van der Waals surface area (Å²) in [6.07, 6.45) is 0.798. The van der Waals surface area contributed by atoms with E-state index in [1.165, 1.54) is 0 Å². The zero-order valence-corrected chi connectivity index (χ0v) is 12.7. The third-order valence-corrected chi connectivity index (χ3v) is 1.81. The predicted octanol–water partition coefficient (Wildman–Crippen LogP) is 4.07. The third-order valence-electron chi connectivity index (χ3n) is 1.81. The monoisotopic (exact) mass is 264 g/mol. The smallest absolute Gasteiger partial charge is 0.294 e. The molecule has 1 aromatic heterocycles. The summed E-state index contributed by atoms with van der Waals surface area (Å²) < 4.78 is 4.92. The van der Waals surface area contributed by atoms with Crippen molar-refractivity contribution in [3.05, 3.63) is 23.8 Å². The number of aromatic nitrogens is 2. The number of ether oxygens (including phenoxy) is 1. The maximum Gasteiger partial charge on any atom is 0.294 e. The van der Waals surface area contributed by atoms with Gasteiger partial charge in [0.2, 0.25) is 0 Å². The average molecular weight is 264 g/mol. The van der Waals surface area contributed by atoms with Crippen molar-refractivity contribution in [2.75, 3.05) is 7.11 Å². The molecule has 0 aliphatic rings. The van der Waals surface area contributed by atoms with Gasteiger partial charge in [0.1, 0.15) is 6.29 Å². The largest absolute Gasteiger partial charge is 0.468 e. The molecule has 106 valence electrons. The van der Waals surface area contributed by atoms with Crippen molar-refractivity contribution in [3.63, 3.8) is 0 Å². The molecule has 0 saturated heterocycles. The number of H-pyrrole nitrogens is 1. The SMILES string of the molecule is CC.CC(C)C.COc1nc2ccc(C=O)cc2[nH]1. The summed E-state index contributed by atoms with van der Waals surface area (Å²) in [6.45, 7) is 10.5. The fraction of sp³-hybridized carbons (Fsp3) is 0.467. The van der Waals surface area contributed by atoms with E-state index in [1.54, 1.807) is 25.3 Å². The van der Waals surface area contributed by atoms with Gasteiger partial charge < -0.3 is 9.72 Å². The van der Waals surface area contributed by atoms with Crippen LogP contribution in [0.3, 0.4) is 0 Å². The summed E-state index contributed by atoms with van der Waals surface area (Å²) in [5.74, 6) is 0.833. The van der Waals surface area contributed by atoms with Gasteiger partial charge in [-0.05, 0) is 24.1 Å². The Labute approximate surface area is 115 Å². The van der Waals surface area contributed by atoms with Crippen molar-refractivity contribution in [1.29, 1.82) is 0 Å². The lowest BCUT2D eigenvalue weighted by atomic mass is 10.2. The zero-order chi connectivity index (χ0) is 14.8. The molecule has 1 heterocycles. The Bertz CT molecular complexity index is 487. The van der Waals surface area contributed by atoms with Crippen LogP contribution in [0.1, 0.15) is 45.0 Å². The van der Waals surface area contributed by atoms with E-state index in [1.807, 2.05) is 13.8 Å². The number of aldehydes is 1. The number of fused-ring (bicyclic) bond motifs is 1. The first-order chi connectivity index (χ1) is 9.06. The van der Waals surface area contributed by atoms with Crippen molar-refractivity contribution in [1.82, 2.24) is 9.97 Å². The van der Waals surface area contributed by atoms with E-state index in [9.17, 15) is 4.79 Å². The van der Waals surface area contributed by atoms with Crippen molar-refractivity contribution < 1.29 is 9.53 Å². The van der Waals surface area contributed by atoms with Gasteiger partial charge in [-0.2, -0.15) is 4.98 Å². The number of hydrogen-bond donors (Lipinski definition) is 1. The molecule has 0 aliphatic heterocycles. The third kappa shape index (κ3) is 6.04. The Morgan fingerprint density at radius 2 is 1.84 bits per heavy atom. The molecule has 2 aromatic rings. The molecule has 0 atom stereocenters. The van der Waals surface area contributed by atoms with Crippen LogP contribution in [-0.4, -0.2) is 23.4 Å². The van der Waals surface area contributed by atoms with Crippen LogP contribution in [0.5, 0.6) is 6.01 Å². The lowest BCUT2D eigenvalue weighted by Crippen LogP contribution is -1.82. The van der Waals surface area contributed by atoms with E-state index >= 15 is 0 Å². The molecule has 4 nitrogen and oxygen atoms in total. The number of aromatic amines is 1. The van der Waals surface area contributed by atoms with E-state index in [4.69, 9.17) is 4.74 Å². The van der Waals surface area contributed by atoms with Gasteiger partial charge in [-0.25, -0.2) is 0 Å². The summed E-state index contributed by atoms with van der Waals surface area (Å²) in [7, 11) is 1.54. The van der Waals surface area contributed by atoms with Gasteiger partial charge in [0, 0.05) is 5.56 Å². The Morgan fingerprint density at radius 3 is 2.32 bits per heavy atom. The molecule has 1 aromatic carbocycles. The lowest BCUT2D eigenvalue weighted by molar-refractivity contribution is 0.112. The van der Waals surface area contributed by atoms with Crippen LogP contribution < -0.4 is 4.74 Å². The minimum Gasteiger partial charge on any atom is -0.468 e. The van der Waals surface area contributed by atoms with Crippen LogP contribution in [0.4, 0.5) is 0 Å². The van der Waals surface area contributed by atoms with Crippen LogP contribution in [0.15, 0.2) is 18.2 Å². The molecule has 0 fully saturated rings. The average Bonchev–Trinajstić information content (AvgIpc) is 2.82. The van der Waals surface area contributed by atoms with Crippen molar-refractivity contribution >= 4 is 17.3 Å². The highest BCUT2D eigenvalue weighted by Gasteiger charge is 2.02. The molecule has 0 unspecified atom stereocenters. The first kappa shape index (κ1) is 17.2. The van der Waals surface area contributed by atoms with E-state index in [0.717, 1.165) is 23.2 Å². The normalized spacial score (nSPS) is 9.21. The summed E-state index contributed by atoms with van der Waals surface area (Å²) in [5, 5.41) is 0. The Morgan fingerprint density at radius 1 is 1.26 bits per heavy atom.